The second-order valence-corrected chi connectivity index (χ2v) is 7.89. The van der Waals surface area contributed by atoms with Gasteiger partial charge < -0.3 is 19.9 Å². The van der Waals surface area contributed by atoms with Gasteiger partial charge in [0.1, 0.15) is 11.4 Å². The predicted octanol–water partition coefficient (Wildman–Crippen LogP) is 3.80. The van der Waals surface area contributed by atoms with Crippen molar-refractivity contribution in [1.82, 2.24) is 9.88 Å². The van der Waals surface area contributed by atoms with E-state index in [2.05, 4.69) is 27.3 Å². The second kappa shape index (κ2) is 9.16. The van der Waals surface area contributed by atoms with Gasteiger partial charge in [0, 0.05) is 37.9 Å². The number of ether oxygens (including phenoxy) is 1. The molecule has 0 atom stereocenters. The van der Waals surface area contributed by atoms with Gasteiger partial charge in [0.2, 0.25) is 0 Å². The van der Waals surface area contributed by atoms with Crippen LogP contribution in [0.3, 0.4) is 0 Å². The summed E-state index contributed by atoms with van der Waals surface area (Å²) >= 11 is 0. The summed E-state index contributed by atoms with van der Waals surface area (Å²) in [4.78, 5) is 21.5. The topological polar surface area (TPSA) is 57.7 Å². The van der Waals surface area contributed by atoms with Crippen LogP contribution in [0.4, 0.5) is 11.4 Å². The third kappa shape index (κ3) is 4.81. The van der Waals surface area contributed by atoms with Crippen molar-refractivity contribution in [3.63, 3.8) is 0 Å². The fourth-order valence-corrected chi connectivity index (χ4v) is 4.21. The lowest BCUT2D eigenvalue weighted by atomic mass is 9.95. The summed E-state index contributed by atoms with van der Waals surface area (Å²) in [6.45, 7) is 3.04. The molecule has 1 N–H and O–H groups in total. The van der Waals surface area contributed by atoms with Gasteiger partial charge >= 0.3 is 0 Å². The first kappa shape index (κ1) is 19.6. The van der Waals surface area contributed by atoms with E-state index in [0.29, 0.717) is 24.8 Å². The maximum atomic E-state index is 12.8. The first-order chi connectivity index (χ1) is 14.2. The molecule has 1 amide bonds. The van der Waals surface area contributed by atoms with Crippen LogP contribution < -0.4 is 15.0 Å². The molecular weight excluding hydrogens is 364 g/mol. The van der Waals surface area contributed by atoms with Crippen molar-refractivity contribution < 1.29 is 9.53 Å². The quantitative estimate of drug-likeness (QED) is 0.836. The number of nitrogens with one attached hydrogen (secondary N) is 1. The van der Waals surface area contributed by atoms with Gasteiger partial charge in [0.15, 0.2) is 0 Å². The number of pyridine rings is 1. The molecule has 1 saturated heterocycles. The highest BCUT2D eigenvalue weighted by molar-refractivity contribution is 5.92. The van der Waals surface area contributed by atoms with E-state index in [1.807, 2.05) is 29.2 Å². The van der Waals surface area contributed by atoms with Gasteiger partial charge in [-0.2, -0.15) is 0 Å². The summed E-state index contributed by atoms with van der Waals surface area (Å²) in [6.07, 6.45) is 8.18. The number of carbonyl (C=O) groups excluding carboxylic acids is 1. The maximum absolute atomic E-state index is 12.8. The number of carbonyl (C=O) groups is 1. The first-order valence-corrected chi connectivity index (χ1v) is 10.6. The molecule has 1 aromatic heterocycles. The number of piperazine rings is 1. The second-order valence-electron chi connectivity index (χ2n) is 7.89. The Kier molecular flexibility index (Phi) is 6.17. The molecule has 6 heteroatoms. The molecule has 2 fully saturated rings. The Morgan fingerprint density at radius 1 is 1.00 bits per heavy atom. The number of hydrogen-bond donors (Lipinski definition) is 1. The van der Waals surface area contributed by atoms with Gasteiger partial charge in [-0.05, 0) is 49.2 Å². The molecule has 29 heavy (non-hydrogen) atoms. The Bertz CT molecular complexity index is 793. The summed E-state index contributed by atoms with van der Waals surface area (Å²) in [5.74, 6) is 0.874. The average Bonchev–Trinajstić information content (AvgIpc) is 2.80. The van der Waals surface area contributed by atoms with Crippen LogP contribution in [0.1, 0.15) is 42.6 Å². The highest BCUT2D eigenvalue weighted by Gasteiger charge is 2.23. The smallest absolute Gasteiger partial charge is 0.272 e. The lowest BCUT2D eigenvalue weighted by Gasteiger charge is -2.36. The lowest BCUT2D eigenvalue weighted by molar-refractivity contribution is 0.0741. The first-order valence-electron chi connectivity index (χ1n) is 10.6. The van der Waals surface area contributed by atoms with E-state index in [4.69, 9.17) is 4.74 Å². The molecule has 2 aliphatic rings. The highest BCUT2D eigenvalue weighted by atomic mass is 16.5. The van der Waals surface area contributed by atoms with Gasteiger partial charge in [-0.3, -0.25) is 4.79 Å². The zero-order chi connectivity index (χ0) is 20.1. The van der Waals surface area contributed by atoms with Gasteiger partial charge in [0.05, 0.1) is 19.0 Å². The van der Waals surface area contributed by atoms with Crippen LogP contribution in [-0.4, -0.2) is 55.1 Å². The number of hydrogen-bond acceptors (Lipinski definition) is 5. The van der Waals surface area contributed by atoms with Crippen LogP contribution in [-0.2, 0) is 0 Å². The zero-order valence-electron chi connectivity index (χ0n) is 17.1. The summed E-state index contributed by atoms with van der Waals surface area (Å²) in [5, 5.41) is 3.56. The van der Waals surface area contributed by atoms with E-state index < -0.39 is 0 Å². The van der Waals surface area contributed by atoms with E-state index in [1.54, 1.807) is 13.3 Å². The number of benzene rings is 1. The van der Waals surface area contributed by atoms with E-state index in [1.165, 1.54) is 32.1 Å². The molecule has 0 unspecified atom stereocenters. The predicted molar refractivity (Wildman–Crippen MR) is 116 cm³/mol. The number of anilines is 2. The van der Waals surface area contributed by atoms with Gasteiger partial charge in [-0.15, -0.1) is 0 Å². The summed E-state index contributed by atoms with van der Waals surface area (Å²) < 4.78 is 5.22. The lowest BCUT2D eigenvalue weighted by Crippen LogP contribution is -2.49. The molecular formula is C23H30N4O2. The van der Waals surface area contributed by atoms with Crippen LogP contribution in [0.15, 0.2) is 42.6 Å². The molecule has 0 radical (unpaired) electrons. The number of methoxy groups -OCH3 is 1. The van der Waals surface area contributed by atoms with E-state index in [-0.39, 0.29) is 5.91 Å². The molecule has 2 aromatic rings. The third-order valence-corrected chi connectivity index (χ3v) is 5.96. The van der Waals surface area contributed by atoms with Crippen molar-refractivity contribution in [3.05, 3.63) is 48.3 Å². The van der Waals surface area contributed by atoms with Crippen LogP contribution in [0.25, 0.3) is 0 Å². The number of aromatic nitrogens is 1. The minimum atomic E-state index is 0.0172. The van der Waals surface area contributed by atoms with Crippen LogP contribution in [0, 0.1) is 0 Å². The molecule has 1 aliphatic carbocycles. The molecule has 2 heterocycles. The Morgan fingerprint density at radius 3 is 2.34 bits per heavy atom. The van der Waals surface area contributed by atoms with Gasteiger partial charge in [-0.1, -0.05) is 19.3 Å². The average molecular weight is 395 g/mol. The summed E-state index contributed by atoms with van der Waals surface area (Å²) in [7, 11) is 1.67. The van der Waals surface area contributed by atoms with Crippen molar-refractivity contribution in [2.75, 3.05) is 43.5 Å². The summed E-state index contributed by atoms with van der Waals surface area (Å²) in [6, 6.07) is 12.5. The fourth-order valence-electron chi connectivity index (χ4n) is 4.21. The van der Waals surface area contributed by atoms with Crippen molar-refractivity contribution in [2.45, 2.75) is 38.1 Å². The highest BCUT2D eigenvalue weighted by Crippen LogP contribution is 2.23. The zero-order valence-corrected chi connectivity index (χ0v) is 17.1. The molecule has 1 saturated carbocycles. The largest absolute Gasteiger partial charge is 0.497 e. The molecule has 1 aliphatic heterocycles. The molecule has 0 bridgehead atoms. The Labute approximate surface area is 172 Å². The Hall–Kier alpha value is -2.76. The monoisotopic (exact) mass is 394 g/mol. The van der Waals surface area contributed by atoms with Crippen LogP contribution >= 0.6 is 0 Å². The van der Waals surface area contributed by atoms with E-state index >= 15 is 0 Å². The van der Waals surface area contributed by atoms with E-state index in [0.717, 1.165) is 30.2 Å². The van der Waals surface area contributed by atoms with E-state index in [9.17, 15) is 4.79 Å². The summed E-state index contributed by atoms with van der Waals surface area (Å²) in [5.41, 5.74) is 2.70. The minimum absolute atomic E-state index is 0.0172. The Balaban J connectivity index is 1.30. The molecule has 4 rings (SSSR count). The molecule has 1 aromatic carbocycles. The number of nitrogens with zero attached hydrogens (tertiary/aromatic N) is 3. The Morgan fingerprint density at radius 2 is 1.72 bits per heavy atom. The van der Waals surface area contributed by atoms with Crippen molar-refractivity contribution >= 4 is 17.3 Å². The van der Waals surface area contributed by atoms with Crippen molar-refractivity contribution in [1.29, 1.82) is 0 Å². The standard InChI is InChI=1S/C23H30N4O2/c1-29-21-10-8-20(9-11-21)26-13-15-27(16-14-26)23(28)22-12-7-19(17-24-22)25-18-5-3-2-4-6-18/h7-12,17-18,25H,2-6,13-16H2,1H3. The molecule has 0 spiro atoms. The van der Waals surface area contributed by atoms with Gasteiger partial charge in [0.25, 0.3) is 5.91 Å². The molecule has 6 nitrogen and oxygen atoms in total. The van der Waals surface area contributed by atoms with Crippen molar-refractivity contribution in [3.8, 4) is 5.75 Å². The fraction of sp³-hybridized carbons (Fsp3) is 0.478. The number of rotatable bonds is 5. The molecule has 154 valence electrons. The third-order valence-electron chi connectivity index (χ3n) is 5.96. The van der Waals surface area contributed by atoms with Crippen LogP contribution in [0.5, 0.6) is 5.75 Å². The van der Waals surface area contributed by atoms with Crippen molar-refractivity contribution in [2.24, 2.45) is 0 Å². The SMILES string of the molecule is COc1ccc(N2CCN(C(=O)c3ccc(NC4CCCCC4)cn3)CC2)cc1. The minimum Gasteiger partial charge on any atom is -0.497 e. The maximum Gasteiger partial charge on any atom is 0.272 e. The number of amides is 1. The van der Waals surface area contributed by atoms with Gasteiger partial charge in [-0.25, -0.2) is 4.98 Å². The van der Waals surface area contributed by atoms with Crippen LogP contribution in [0.2, 0.25) is 0 Å². The normalized spacial score (nSPS) is 17.8.